The normalized spacial score (nSPS) is 14.6. The van der Waals surface area contributed by atoms with Crippen molar-refractivity contribution in [3.8, 4) is 0 Å². The number of carbonyl (C=O) groups excluding carboxylic acids is 1. The lowest BCUT2D eigenvalue weighted by atomic mass is 10.1. The quantitative estimate of drug-likeness (QED) is 0.912. The van der Waals surface area contributed by atoms with Gasteiger partial charge in [0.15, 0.2) is 0 Å². The van der Waals surface area contributed by atoms with E-state index in [9.17, 15) is 14.7 Å². The molecule has 1 N–H and O–H groups in total. The van der Waals surface area contributed by atoms with Gasteiger partial charge in [-0.1, -0.05) is 12.1 Å². The highest BCUT2D eigenvalue weighted by Gasteiger charge is 2.24. The minimum absolute atomic E-state index is 0.0392. The van der Waals surface area contributed by atoms with Crippen molar-refractivity contribution in [1.82, 2.24) is 14.7 Å². The molecule has 1 aliphatic rings. The van der Waals surface area contributed by atoms with Crippen LogP contribution < -0.4 is 4.90 Å². The van der Waals surface area contributed by atoms with Crippen LogP contribution in [0.3, 0.4) is 0 Å². The van der Waals surface area contributed by atoms with Gasteiger partial charge in [-0.05, 0) is 32.0 Å². The van der Waals surface area contributed by atoms with Gasteiger partial charge in [-0.3, -0.25) is 9.48 Å². The molecule has 0 saturated carbocycles. The second kappa shape index (κ2) is 6.96. The zero-order valence-electron chi connectivity index (χ0n) is 14.5. The zero-order chi connectivity index (χ0) is 18.0. The number of amides is 1. The number of aromatic nitrogens is 2. The van der Waals surface area contributed by atoms with E-state index in [-0.39, 0.29) is 12.5 Å². The highest BCUT2D eigenvalue weighted by molar-refractivity contribution is 5.94. The highest BCUT2D eigenvalue weighted by Crippen LogP contribution is 2.22. The number of hydrogen-bond donors (Lipinski definition) is 1. The Labute approximate surface area is 146 Å². The van der Waals surface area contributed by atoms with Crippen LogP contribution in [0.2, 0.25) is 0 Å². The molecule has 0 bridgehead atoms. The Morgan fingerprint density at radius 2 is 1.80 bits per heavy atom. The Morgan fingerprint density at radius 1 is 1.12 bits per heavy atom. The second-order valence-electron chi connectivity index (χ2n) is 6.27. The number of benzene rings is 1. The van der Waals surface area contributed by atoms with E-state index < -0.39 is 5.97 Å². The average molecular weight is 342 g/mol. The molecule has 2 aromatic rings. The maximum Gasteiger partial charge on any atom is 0.337 e. The van der Waals surface area contributed by atoms with Crippen LogP contribution in [-0.4, -0.2) is 57.8 Å². The van der Waals surface area contributed by atoms with Crippen LogP contribution in [0.1, 0.15) is 21.7 Å². The third-order valence-electron chi connectivity index (χ3n) is 4.50. The molecule has 1 saturated heterocycles. The van der Waals surface area contributed by atoms with Gasteiger partial charge in [-0.25, -0.2) is 4.79 Å². The molecule has 25 heavy (non-hydrogen) atoms. The van der Waals surface area contributed by atoms with Crippen molar-refractivity contribution in [2.45, 2.75) is 20.4 Å². The number of carbonyl (C=O) groups is 2. The lowest BCUT2D eigenvalue weighted by molar-refractivity contribution is -0.132. The fraction of sp³-hybridized carbons (Fsp3) is 0.389. The minimum Gasteiger partial charge on any atom is -0.478 e. The minimum atomic E-state index is -0.932. The number of hydrogen-bond acceptors (Lipinski definition) is 4. The van der Waals surface area contributed by atoms with Crippen molar-refractivity contribution in [2.75, 3.05) is 31.1 Å². The van der Waals surface area contributed by atoms with Crippen LogP contribution in [-0.2, 0) is 11.3 Å². The van der Waals surface area contributed by atoms with Gasteiger partial charge in [-0.2, -0.15) is 5.10 Å². The summed E-state index contributed by atoms with van der Waals surface area (Å²) in [5.41, 5.74) is 2.88. The average Bonchev–Trinajstić information content (AvgIpc) is 2.92. The van der Waals surface area contributed by atoms with E-state index in [2.05, 4.69) is 5.10 Å². The molecule has 7 heteroatoms. The number of aromatic carboxylic acids is 1. The number of carboxylic acid groups (broad SMARTS) is 1. The number of anilines is 1. The van der Waals surface area contributed by atoms with Gasteiger partial charge in [-0.15, -0.1) is 0 Å². The van der Waals surface area contributed by atoms with Crippen molar-refractivity contribution in [2.24, 2.45) is 0 Å². The van der Waals surface area contributed by atoms with Crippen molar-refractivity contribution in [3.05, 3.63) is 47.3 Å². The van der Waals surface area contributed by atoms with Gasteiger partial charge in [0, 0.05) is 31.9 Å². The van der Waals surface area contributed by atoms with Gasteiger partial charge in [0.05, 0.1) is 16.9 Å². The summed E-state index contributed by atoms with van der Waals surface area (Å²) in [5, 5.41) is 13.7. The van der Waals surface area contributed by atoms with Gasteiger partial charge < -0.3 is 14.9 Å². The molecule has 7 nitrogen and oxygen atoms in total. The number of aryl methyl sites for hydroxylation is 2. The Bertz CT molecular complexity index is 791. The third-order valence-corrected chi connectivity index (χ3v) is 4.50. The lowest BCUT2D eigenvalue weighted by Gasteiger charge is -2.36. The van der Waals surface area contributed by atoms with Crippen molar-refractivity contribution in [3.63, 3.8) is 0 Å². The maximum absolute atomic E-state index is 12.5. The van der Waals surface area contributed by atoms with Crippen molar-refractivity contribution in [1.29, 1.82) is 0 Å². The van der Waals surface area contributed by atoms with E-state index in [1.165, 1.54) is 0 Å². The number of rotatable bonds is 4. The maximum atomic E-state index is 12.5. The molecule has 132 valence electrons. The van der Waals surface area contributed by atoms with E-state index in [4.69, 9.17) is 0 Å². The molecule has 0 atom stereocenters. The van der Waals surface area contributed by atoms with Crippen LogP contribution in [0.5, 0.6) is 0 Å². The summed E-state index contributed by atoms with van der Waals surface area (Å²) in [6, 6.07) is 8.94. The molecule has 1 fully saturated rings. The van der Waals surface area contributed by atoms with Gasteiger partial charge in [0.1, 0.15) is 6.54 Å². The molecule has 1 aromatic carbocycles. The Kier molecular flexibility index (Phi) is 4.74. The Balaban J connectivity index is 1.63. The Hall–Kier alpha value is -2.83. The molecule has 0 aliphatic carbocycles. The lowest BCUT2D eigenvalue weighted by Crippen LogP contribution is -2.50. The summed E-state index contributed by atoms with van der Waals surface area (Å²) in [6.45, 7) is 6.48. The summed E-state index contributed by atoms with van der Waals surface area (Å²) in [4.78, 5) is 27.7. The van der Waals surface area contributed by atoms with Crippen molar-refractivity contribution < 1.29 is 14.7 Å². The SMILES string of the molecule is Cc1cc(C)n(CC(=O)N2CCN(c3ccccc3C(=O)O)CC2)n1. The predicted octanol–water partition coefficient (Wildman–Crippen LogP) is 1.55. The summed E-state index contributed by atoms with van der Waals surface area (Å²) in [5.74, 6) is -0.893. The zero-order valence-corrected chi connectivity index (χ0v) is 14.5. The number of piperazine rings is 1. The van der Waals surface area contributed by atoms with E-state index >= 15 is 0 Å². The first kappa shape index (κ1) is 17.0. The van der Waals surface area contributed by atoms with E-state index in [0.29, 0.717) is 37.4 Å². The summed E-state index contributed by atoms with van der Waals surface area (Å²) in [6.07, 6.45) is 0. The van der Waals surface area contributed by atoms with Crippen LogP contribution in [0.4, 0.5) is 5.69 Å². The topological polar surface area (TPSA) is 78.7 Å². The second-order valence-corrected chi connectivity index (χ2v) is 6.27. The first-order valence-corrected chi connectivity index (χ1v) is 8.32. The number of carboxylic acids is 1. The van der Waals surface area contributed by atoms with Gasteiger partial charge in [0.25, 0.3) is 0 Å². The third kappa shape index (κ3) is 3.65. The molecule has 0 spiro atoms. The molecule has 0 unspecified atom stereocenters. The Morgan fingerprint density at radius 3 is 2.40 bits per heavy atom. The first-order chi connectivity index (χ1) is 12.0. The monoisotopic (exact) mass is 342 g/mol. The van der Waals surface area contributed by atoms with Gasteiger partial charge >= 0.3 is 5.97 Å². The molecule has 1 aliphatic heterocycles. The molecular formula is C18H22N4O3. The summed E-state index contributed by atoms with van der Waals surface area (Å²) >= 11 is 0. The van der Waals surface area contributed by atoms with Crippen LogP contribution in [0.25, 0.3) is 0 Å². The van der Waals surface area contributed by atoms with E-state index in [1.807, 2.05) is 41.8 Å². The first-order valence-electron chi connectivity index (χ1n) is 8.32. The van der Waals surface area contributed by atoms with Crippen LogP contribution in [0, 0.1) is 13.8 Å². The van der Waals surface area contributed by atoms with E-state index in [0.717, 1.165) is 11.4 Å². The molecule has 3 rings (SSSR count). The van der Waals surface area contributed by atoms with Crippen LogP contribution >= 0.6 is 0 Å². The smallest absolute Gasteiger partial charge is 0.337 e. The van der Waals surface area contributed by atoms with Crippen LogP contribution in [0.15, 0.2) is 30.3 Å². The molecule has 1 aromatic heterocycles. The summed E-state index contributed by atoms with van der Waals surface area (Å²) < 4.78 is 1.73. The molecule has 1 amide bonds. The van der Waals surface area contributed by atoms with Crippen molar-refractivity contribution >= 4 is 17.6 Å². The number of para-hydroxylation sites is 1. The fourth-order valence-electron chi connectivity index (χ4n) is 3.19. The molecule has 2 heterocycles. The highest BCUT2D eigenvalue weighted by atomic mass is 16.4. The standard InChI is InChI=1S/C18H22N4O3/c1-13-11-14(2)22(19-13)12-17(23)21-9-7-20(8-10-21)16-6-4-3-5-15(16)18(24)25/h3-6,11H,7-10,12H2,1-2H3,(H,24,25). The van der Waals surface area contributed by atoms with E-state index in [1.54, 1.807) is 16.8 Å². The predicted molar refractivity (Wildman–Crippen MR) is 93.9 cm³/mol. The van der Waals surface area contributed by atoms with Gasteiger partial charge in [0.2, 0.25) is 5.91 Å². The largest absolute Gasteiger partial charge is 0.478 e. The number of nitrogens with zero attached hydrogens (tertiary/aromatic N) is 4. The summed E-state index contributed by atoms with van der Waals surface area (Å²) in [7, 11) is 0. The molecular weight excluding hydrogens is 320 g/mol. The molecule has 0 radical (unpaired) electrons. The fourth-order valence-corrected chi connectivity index (χ4v) is 3.19.